The molecule has 0 fully saturated rings. The van der Waals surface area contributed by atoms with Gasteiger partial charge >= 0.3 is 0 Å². The normalized spacial score (nSPS) is 10.6. The molecule has 1 aromatic carbocycles. The van der Waals surface area contributed by atoms with Crippen molar-refractivity contribution in [3.05, 3.63) is 56.5 Å². The number of rotatable bonds is 3. The van der Waals surface area contributed by atoms with Gasteiger partial charge in [0.2, 0.25) is 0 Å². The zero-order valence-electron chi connectivity index (χ0n) is 10.2. The third-order valence-electron chi connectivity index (χ3n) is 2.79. The van der Waals surface area contributed by atoms with Gasteiger partial charge in [0.15, 0.2) is 0 Å². The lowest BCUT2D eigenvalue weighted by atomic mass is 10.3. The van der Waals surface area contributed by atoms with E-state index in [0.717, 1.165) is 5.69 Å². The summed E-state index contributed by atoms with van der Waals surface area (Å²) < 4.78 is 3.34. The number of non-ortho nitro benzene ring substituents is 1. The SMILES string of the molecule is CCn1c(C)cc(=O)n1-c1ccc([N+](=O)[O-])cc1. The molecular weight excluding hydrogens is 234 g/mol. The summed E-state index contributed by atoms with van der Waals surface area (Å²) in [6, 6.07) is 7.48. The number of nitrogens with zero attached hydrogens (tertiary/aromatic N) is 3. The van der Waals surface area contributed by atoms with Crippen molar-refractivity contribution in [2.24, 2.45) is 0 Å². The Morgan fingerprint density at radius 1 is 1.28 bits per heavy atom. The third kappa shape index (κ3) is 1.92. The molecule has 0 amide bonds. The maximum absolute atomic E-state index is 11.8. The number of benzene rings is 1. The van der Waals surface area contributed by atoms with E-state index in [4.69, 9.17) is 0 Å². The quantitative estimate of drug-likeness (QED) is 0.614. The Hall–Kier alpha value is -2.37. The van der Waals surface area contributed by atoms with Crippen molar-refractivity contribution in [1.82, 2.24) is 9.36 Å². The predicted molar refractivity (Wildman–Crippen MR) is 67.1 cm³/mol. The van der Waals surface area contributed by atoms with Crippen LogP contribution < -0.4 is 5.56 Å². The molecule has 2 aromatic rings. The van der Waals surface area contributed by atoms with Crippen LogP contribution in [0.15, 0.2) is 35.1 Å². The summed E-state index contributed by atoms with van der Waals surface area (Å²) in [7, 11) is 0. The van der Waals surface area contributed by atoms with E-state index in [0.29, 0.717) is 12.2 Å². The standard InChI is InChI=1S/C12H13N3O3/c1-3-13-9(2)8-12(16)14(13)10-4-6-11(7-5-10)15(17)18/h4-8H,3H2,1-2H3. The van der Waals surface area contributed by atoms with Gasteiger partial charge < -0.3 is 0 Å². The molecule has 0 bridgehead atoms. The minimum Gasteiger partial charge on any atom is -0.283 e. The first-order valence-corrected chi connectivity index (χ1v) is 5.59. The number of aryl methyl sites for hydroxylation is 1. The van der Waals surface area contributed by atoms with Gasteiger partial charge in [0.25, 0.3) is 11.2 Å². The van der Waals surface area contributed by atoms with Crippen molar-refractivity contribution in [2.75, 3.05) is 0 Å². The van der Waals surface area contributed by atoms with Crippen LogP contribution in [0.5, 0.6) is 0 Å². The molecular formula is C12H13N3O3. The Balaban J connectivity index is 2.55. The first-order chi connectivity index (χ1) is 8.54. The highest BCUT2D eigenvalue weighted by Gasteiger charge is 2.10. The molecule has 94 valence electrons. The highest BCUT2D eigenvalue weighted by atomic mass is 16.6. The lowest BCUT2D eigenvalue weighted by Gasteiger charge is -2.11. The second-order valence-corrected chi connectivity index (χ2v) is 3.93. The molecule has 6 heteroatoms. The number of nitro benzene ring substituents is 1. The fraction of sp³-hybridized carbons (Fsp3) is 0.250. The molecule has 0 spiro atoms. The van der Waals surface area contributed by atoms with Gasteiger partial charge in [-0.3, -0.25) is 19.6 Å². The van der Waals surface area contributed by atoms with Gasteiger partial charge in [-0.25, -0.2) is 4.68 Å². The zero-order valence-corrected chi connectivity index (χ0v) is 10.2. The minimum absolute atomic E-state index is 0.0122. The summed E-state index contributed by atoms with van der Waals surface area (Å²) in [5.41, 5.74) is 1.36. The van der Waals surface area contributed by atoms with Gasteiger partial charge in [-0.1, -0.05) is 0 Å². The monoisotopic (exact) mass is 247 g/mol. The van der Waals surface area contributed by atoms with Crippen LogP contribution in [0.25, 0.3) is 5.69 Å². The molecule has 0 saturated heterocycles. The summed E-state index contributed by atoms with van der Waals surface area (Å²) in [4.78, 5) is 22.0. The van der Waals surface area contributed by atoms with Crippen molar-refractivity contribution in [3.63, 3.8) is 0 Å². The van der Waals surface area contributed by atoms with Crippen LogP contribution in [-0.4, -0.2) is 14.3 Å². The minimum atomic E-state index is -0.462. The van der Waals surface area contributed by atoms with Crippen molar-refractivity contribution >= 4 is 5.69 Å². The molecule has 0 saturated carbocycles. The molecule has 0 aliphatic rings. The average molecular weight is 247 g/mol. The van der Waals surface area contributed by atoms with Crippen LogP contribution in [0.4, 0.5) is 5.69 Å². The average Bonchev–Trinajstić information content (AvgIpc) is 2.63. The first kappa shape index (κ1) is 12.1. The third-order valence-corrected chi connectivity index (χ3v) is 2.79. The lowest BCUT2D eigenvalue weighted by molar-refractivity contribution is -0.384. The maximum atomic E-state index is 11.8. The van der Waals surface area contributed by atoms with Crippen LogP contribution in [-0.2, 0) is 6.54 Å². The molecule has 0 N–H and O–H groups in total. The molecule has 0 radical (unpaired) electrons. The zero-order chi connectivity index (χ0) is 13.3. The fourth-order valence-electron chi connectivity index (χ4n) is 1.96. The Morgan fingerprint density at radius 3 is 2.39 bits per heavy atom. The van der Waals surface area contributed by atoms with Gasteiger partial charge in [0.05, 0.1) is 10.6 Å². The van der Waals surface area contributed by atoms with Crippen molar-refractivity contribution in [3.8, 4) is 5.69 Å². The van der Waals surface area contributed by atoms with Crippen molar-refractivity contribution in [2.45, 2.75) is 20.4 Å². The molecule has 1 aromatic heterocycles. The lowest BCUT2D eigenvalue weighted by Crippen LogP contribution is -2.20. The number of aromatic nitrogens is 2. The summed E-state index contributed by atoms with van der Waals surface area (Å²) in [5.74, 6) is 0. The molecule has 0 unspecified atom stereocenters. The number of hydrogen-bond donors (Lipinski definition) is 0. The van der Waals surface area contributed by atoms with Crippen LogP contribution in [0.3, 0.4) is 0 Å². The number of hydrogen-bond acceptors (Lipinski definition) is 3. The van der Waals surface area contributed by atoms with E-state index in [2.05, 4.69) is 0 Å². The molecule has 0 atom stereocenters. The smallest absolute Gasteiger partial charge is 0.271 e. The van der Waals surface area contributed by atoms with Crippen molar-refractivity contribution < 1.29 is 4.92 Å². The first-order valence-electron chi connectivity index (χ1n) is 5.59. The fourth-order valence-corrected chi connectivity index (χ4v) is 1.96. The Bertz CT molecular complexity index is 638. The van der Waals surface area contributed by atoms with Crippen LogP contribution >= 0.6 is 0 Å². The van der Waals surface area contributed by atoms with Crippen LogP contribution in [0.1, 0.15) is 12.6 Å². The number of nitro groups is 1. The van der Waals surface area contributed by atoms with Crippen molar-refractivity contribution in [1.29, 1.82) is 0 Å². The van der Waals surface area contributed by atoms with Crippen LogP contribution in [0.2, 0.25) is 0 Å². The molecule has 0 aliphatic heterocycles. The van der Waals surface area contributed by atoms with Gasteiger partial charge in [-0.2, -0.15) is 0 Å². The Kier molecular flexibility index (Phi) is 3.01. The molecule has 1 heterocycles. The van der Waals surface area contributed by atoms with E-state index in [1.165, 1.54) is 16.8 Å². The Labute approximate surface area is 103 Å². The largest absolute Gasteiger partial charge is 0.283 e. The Morgan fingerprint density at radius 2 is 1.89 bits per heavy atom. The van der Waals surface area contributed by atoms with E-state index in [1.54, 1.807) is 18.2 Å². The van der Waals surface area contributed by atoms with Gasteiger partial charge in [-0.05, 0) is 26.0 Å². The van der Waals surface area contributed by atoms with Gasteiger partial charge in [0.1, 0.15) is 0 Å². The van der Waals surface area contributed by atoms with Crippen LogP contribution in [0, 0.1) is 17.0 Å². The van der Waals surface area contributed by atoms with E-state index in [-0.39, 0.29) is 11.2 Å². The summed E-state index contributed by atoms with van der Waals surface area (Å²) in [6.45, 7) is 4.45. The second-order valence-electron chi connectivity index (χ2n) is 3.93. The summed E-state index contributed by atoms with van der Waals surface area (Å²) in [6.07, 6.45) is 0. The van der Waals surface area contributed by atoms with Gasteiger partial charge in [-0.15, -0.1) is 0 Å². The highest BCUT2D eigenvalue weighted by molar-refractivity contribution is 5.40. The molecule has 2 rings (SSSR count). The molecule has 0 aliphatic carbocycles. The summed E-state index contributed by atoms with van der Waals surface area (Å²) >= 11 is 0. The van der Waals surface area contributed by atoms with E-state index >= 15 is 0 Å². The van der Waals surface area contributed by atoms with E-state index in [1.807, 2.05) is 18.5 Å². The predicted octanol–water partition coefficient (Wildman–Crippen LogP) is 1.88. The highest BCUT2D eigenvalue weighted by Crippen LogP contribution is 2.14. The molecule has 18 heavy (non-hydrogen) atoms. The summed E-state index contributed by atoms with van der Waals surface area (Å²) in [5, 5.41) is 10.6. The van der Waals surface area contributed by atoms with E-state index < -0.39 is 4.92 Å². The molecule has 6 nitrogen and oxygen atoms in total. The second kappa shape index (κ2) is 4.48. The topological polar surface area (TPSA) is 70.1 Å². The van der Waals surface area contributed by atoms with E-state index in [9.17, 15) is 14.9 Å². The van der Waals surface area contributed by atoms with Gasteiger partial charge in [0, 0.05) is 30.4 Å². The maximum Gasteiger partial charge on any atom is 0.271 e.